The van der Waals surface area contributed by atoms with Gasteiger partial charge in [0.25, 0.3) is 0 Å². The predicted molar refractivity (Wildman–Crippen MR) is 146 cm³/mol. The molecule has 4 heteroatoms. The number of hydrogen-bond acceptors (Lipinski definition) is 4. The molecule has 200 valence electrons. The average Bonchev–Trinajstić information content (AvgIpc) is 2.77. The molecule has 0 atom stereocenters. The van der Waals surface area contributed by atoms with Crippen molar-refractivity contribution in [1.29, 1.82) is 0 Å². The van der Waals surface area contributed by atoms with E-state index < -0.39 is 0 Å². The fourth-order valence-electron chi connectivity index (χ4n) is 4.63. The highest BCUT2D eigenvalue weighted by molar-refractivity contribution is 4.80. The van der Waals surface area contributed by atoms with Crippen molar-refractivity contribution in [2.45, 2.75) is 117 Å². The molecule has 0 aromatic heterocycles. The second-order valence-corrected chi connectivity index (χ2v) is 10.9. The molecule has 33 heavy (non-hydrogen) atoms. The van der Waals surface area contributed by atoms with Gasteiger partial charge in [0.15, 0.2) is 0 Å². The summed E-state index contributed by atoms with van der Waals surface area (Å²) in [5, 5.41) is 0. The van der Waals surface area contributed by atoms with Gasteiger partial charge in [-0.3, -0.25) is 0 Å². The van der Waals surface area contributed by atoms with Crippen LogP contribution in [0.1, 0.15) is 117 Å². The van der Waals surface area contributed by atoms with Gasteiger partial charge in [0.05, 0.1) is 6.61 Å². The number of hydrogen-bond donors (Lipinski definition) is 0. The zero-order chi connectivity index (χ0) is 24.6. The Kier molecular flexibility index (Phi) is 23.5. The van der Waals surface area contributed by atoms with Gasteiger partial charge >= 0.3 is 0 Å². The summed E-state index contributed by atoms with van der Waals surface area (Å²) in [5.74, 6) is 0. The maximum Gasteiger partial charge on any atom is 0.0522 e. The molecule has 4 nitrogen and oxygen atoms in total. The first kappa shape index (κ1) is 32.8. The highest BCUT2D eigenvalue weighted by atomic mass is 16.5. The van der Waals surface area contributed by atoms with E-state index in [0.29, 0.717) is 5.41 Å². The zero-order valence-electron chi connectivity index (χ0n) is 23.8. The van der Waals surface area contributed by atoms with Gasteiger partial charge in [-0.2, -0.15) is 0 Å². The van der Waals surface area contributed by atoms with Crippen LogP contribution >= 0.6 is 0 Å². The molecular weight excluding hydrogens is 408 g/mol. The van der Waals surface area contributed by atoms with Crippen LogP contribution in [0.25, 0.3) is 0 Å². The van der Waals surface area contributed by atoms with Crippen molar-refractivity contribution in [2.75, 3.05) is 67.7 Å². The molecule has 0 unspecified atom stereocenters. The number of unbranched alkanes of at least 4 members (excludes halogenated alkanes) is 8. The quantitative estimate of drug-likeness (QED) is 0.123. The van der Waals surface area contributed by atoms with Crippen LogP contribution in [0.5, 0.6) is 0 Å². The van der Waals surface area contributed by atoms with Crippen molar-refractivity contribution in [2.24, 2.45) is 5.41 Å². The van der Waals surface area contributed by atoms with Crippen LogP contribution in [-0.4, -0.2) is 77.5 Å². The highest BCUT2D eigenvalue weighted by Gasteiger charge is 2.29. The molecule has 0 aliphatic heterocycles. The lowest BCUT2D eigenvalue weighted by Crippen LogP contribution is -2.30. The first-order valence-corrected chi connectivity index (χ1v) is 14.4. The second-order valence-electron chi connectivity index (χ2n) is 10.9. The summed E-state index contributed by atoms with van der Waals surface area (Å²) in [6.07, 6.45) is 20.7. The van der Waals surface area contributed by atoms with Crippen LogP contribution in [0.3, 0.4) is 0 Å². The molecule has 0 spiro atoms. The topological polar surface area (TPSA) is 24.9 Å². The van der Waals surface area contributed by atoms with E-state index in [1.165, 1.54) is 116 Å². The Morgan fingerprint density at radius 2 is 0.939 bits per heavy atom. The van der Waals surface area contributed by atoms with E-state index in [1.54, 1.807) is 0 Å². The number of nitrogens with zero attached hydrogens (tertiary/aromatic N) is 2. The minimum Gasteiger partial charge on any atom is -0.381 e. The summed E-state index contributed by atoms with van der Waals surface area (Å²) in [6, 6.07) is 0. The standard InChI is InChI=1S/C29H62N2O2/c1-7-9-11-12-13-16-27-33-28-29(21-18-23-30(3)4,22-19-24-31(5)6)20-15-14-17-26-32-25-10-8-2/h7-28H2,1-6H3. The molecule has 0 aromatic rings. The van der Waals surface area contributed by atoms with E-state index in [2.05, 4.69) is 51.8 Å². The first-order valence-electron chi connectivity index (χ1n) is 14.4. The number of rotatable bonds is 26. The van der Waals surface area contributed by atoms with Crippen molar-refractivity contribution in [3.05, 3.63) is 0 Å². The Morgan fingerprint density at radius 1 is 0.485 bits per heavy atom. The summed E-state index contributed by atoms with van der Waals surface area (Å²) in [6.45, 7) is 10.6. The SMILES string of the molecule is CCCCCCCCOCC(CCCCCOCCCC)(CCCN(C)C)CCCN(C)C. The molecule has 0 heterocycles. The van der Waals surface area contributed by atoms with Gasteiger partial charge in [-0.05, 0) is 98.1 Å². The van der Waals surface area contributed by atoms with Gasteiger partial charge in [0.2, 0.25) is 0 Å². The summed E-state index contributed by atoms with van der Waals surface area (Å²) < 4.78 is 12.2. The Morgan fingerprint density at radius 3 is 1.52 bits per heavy atom. The van der Waals surface area contributed by atoms with Crippen molar-refractivity contribution in [3.8, 4) is 0 Å². The molecule has 0 fully saturated rings. The zero-order valence-corrected chi connectivity index (χ0v) is 23.8. The van der Waals surface area contributed by atoms with Crippen LogP contribution in [0.2, 0.25) is 0 Å². The van der Waals surface area contributed by atoms with Gasteiger partial charge in [0, 0.05) is 19.8 Å². The fraction of sp³-hybridized carbons (Fsp3) is 1.00. The predicted octanol–water partition coefficient (Wildman–Crippen LogP) is 7.41. The van der Waals surface area contributed by atoms with Gasteiger partial charge in [0.1, 0.15) is 0 Å². The average molecular weight is 471 g/mol. The summed E-state index contributed by atoms with van der Waals surface area (Å²) >= 11 is 0. The van der Waals surface area contributed by atoms with E-state index in [-0.39, 0.29) is 0 Å². The third-order valence-electron chi connectivity index (χ3n) is 6.81. The van der Waals surface area contributed by atoms with E-state index in [0.717, 1.165) is 26.4 Å². The van der Waals surface area contributed by atoms with Crippen molar-refractivity contribution in [3.63, 3.8) is 0 Å². The van der Waals surface area contributed by atoms with Gasteiger partial charge < -0.3 is 19.3 Å². The Labute approximate surface area is 209 Å². The number of ether oxygens (including phenoxy) is 2. The normalized spacial score (nSPS) is 12.4. The molecule has 0 rings (SSSR count). The van der Waals surface area contributed by atoms with Gasteiger partial charge in [-0.15, -0.1) is 0 Å². The maximum absolute atomic E-state index is 6.39. The summed E-state index contributed by atoms with van der Waals surface area (Å²) in [4.78, 5) is 4.66. The third kappa shape index (κ3) is 22.1. The Balaban J connectivity index is 4.65. The molecular formula is C29H62N2O2. The fourth-order valence-corrected chi connectivity index (χ4v) is 4.63. The largest absolute Gasteiger partial charge is 0.381 e. The van der Waals surface area contributed by atoms with Crippen LogP contribution in [0, 0.1) is 5.41 Å². The molecule has 0 saturated carbocycles. The Hall–Kier alpha value is -0.160. The highest BCUT2D eigenvalue weighted by Crippen LogP contribution is 2.36. The molecule has 0 aromatic carbocycles. The molecule has 0 aliphatic carbocycles. The monoisotopic (exact) mass is 470 g/mol. The molecule has 0 amide bonds. The third-order valence-corrected chi connectivity index (χ3v) is 6.81. The van der Waals surface area contributed by atoms with Crippen LogP contribution in [0.15, 0.2) is 0 Å². The summed E-state index contributed by atoms with van der Waals surface area (Å²) in [5.41, 5.74) is 0.345. The first-order chi connectivity index (χ1) is 16.0. The van der Waals surface area contributed by atoms with Gasteiger partial charge in [-0.25, -0.2) is 0 Å². The van der Waals surface area contributed by atoms with E-state index in [4.69, 9.17) is 9.47 Å². The summed E-state index contributed by atoms with van der Waals surface area (Å²) in [7, 11) is 8.78. The molecule has 0 N–H and O–H groups in total. The lowest BCUT2D eigenvalue weighted by molar-refractivity contribution is 0.0185. The molecule has 0 bridgehead atoms. The minimum absolute atomic E-state index is 0.345. The maximum atomic E-state index is 6.39. The molecule has 0 aliphatic rings. The lowest BCUT2D eigenvalue weighted by Gasteiger charge is -2.35. The van der Waals surface area contributed by atoms with E-state index in [1.807, 2.05) is 0 Å². The molecule has 0 radical (unpaired) electrons. The Bertz CT molecular complexity index is 352. The van der Waals surface area contributed by atoms with Crippen LogP contribution in [0.4, 0.5) is 0 Å². The van der Waals surface area contributed by atoms with Crippen LogP contribution in [-0.2, 0) is 9.47 Å². The smallest absolute Gasteiger partial charge is 0.0522 e. The van der Waals surface area contributed by atoms with Gasteiger partial charge in [-0.1, -0.05) is 65.2 Å². The molecule has 0 saturated heterocycles. The van der Waals surface area contributed by atoms with Crippen molar-refractivity contribution in [1.82, 2.24) is 9.80 Å². The van der Waals surface area contributed by atoms with Crippen molar-refractivity contribution < 1.29 is 9.47 Å². The van der Waals surface area contributed by atoms with E-state index in [9.17, 15) is 0 Å². The van der Waals surface area contributed by atoms with Crippen molar-refractivity contribution >= 4 is 0 Å². The van der Waals surface area contributed by atoms with E-state index >= 15 is 0 Å². The lowest BCUT2D eigenvalue weighted by atomic mass is 9.75. The minimum atomic E-state index is 0.345. The second kappa shape index (κ2) is 23.6. The van der Waals surface area contributed by atoms with Crippen LogP contribution < -0.4 is 0 Å².